The summed E-state index contributed by atoms with van der Waals surface area (Å²) in [5, 5.41) is 17.0. The molecule has 2 heterocycles. The number of nitro groups is 1. The maximum atomic E-state index is 13.8. The monoisotopic (exact) mass is 864 g/mol. The molecule has 1 atom stereocenters. The van der Waals surface area contributed by atoms with E-state index in [1.807, 2.05) is 72.8 Å². The van der Waals surface area contributed by atoms with E-state index in [-0.39, 0.29) is 28.1 Å². The minimum atomic E-state index is -4.27. The Bertz CT molecular complexity index is 2510. The van der Waals surface area contributed by atoms with Crippen LogP contribution in [0, 0.1) is 10.1 Å². The Morgan fingerprint density at radius 3 is 2.33 bits per heavy atom. The van der Waals surface area contributed by atoms with E-state index in [9.17, 15) is 18.5 Å². The molecule has 60 heavy (non-hydrogen) atoms. The molecule has 0 bridgehead atoms. The highest BCUT2D eigenvalue weighted by Gasteiger charge is 2.25. The second kappa shape index (κ2) is 19.9. The number of fused-ring (bicyclic) bond motifs is 1. The zero-order valence-electron chi connectivity index (χ0n) is 33.7. The molecule has 15 heteroatoms. The molecule has 7 rings (SSSR count). The summed E-state index contributed by atoms with van der Waals surface area (Å²) < 4.78 is 30.2. The van der Waals surface area contributed by atoms with Gasteiger partial charge in [0.15, 0.2) is 5.82 Å². The van der Waals surface area contributed by atoms with E-state index in [0.717, 1.165) is 86.0 Å². The molecule has 12 nitrogen and oxygen atoms in total. The first-order valence-corrected chi connectivity index (χ1v) is 23.0. The van der Waals surface area contributed by atoms with Crippen molar-refractivity contribution in [3.8, 4) is 11.1 Å². The third kappa shape index (κ3) is 10.7. The minimum Gasteiger partial charge on any atom is -0.376 e. The van der Waals surface area contributed by atoms with Crippen molar-refractivity contribution < 1.29 is 13.3 Å². The van der Waals surface area contributed by atoms with Crippen LogP contribution < -0.4 is 14.9 Å². The summed E-state index contributed by atoms with van der Waals surface area (Å²) in [4.78, 5) is 28.5. The van der Waals surface area contributed by atoms with Crippen molar-refractivity contribution in [2.24, 2.45) is 0 Å². The lowest BCUT2D eigenvalue weighted by Gasteiger charge is -2.36. The molecule has 1 aromatic heterocycles. The number of anilines is 3. The smallest absolute Gasteiger partial charge is 0.293 e. The molecule has 1 saturated heterocycles. The molecular weight excluding hydrogens is 816 g/mol. The van der Waals surface area contributed by atoms with Crippen molar-refractivity contribution in [2.75, 3.05) is 66.5 Å². The van der Waals surface area contributed by atoms with E-state index in [4.69, 9.17) is 11.6 Å². The number of nitrogens with zero attached hydrogens (tertiary/aromatic N) is 6. The van der Waals surface area contributed by atoms with Gasteiger partial charge in [-0.05, 0) is 90.8 Å². The lowest BCUT2D eigenvalue weighted by molar-refractivity contribution is -0.384. The van der Waals surface area contributed by atoms with Gasteiger partial charge in [-0.3, -0.25) is 19.7 Å². The average Bonchev–Trinajstić information content (AvgIpc) is 3.26. The first-order valence-electron chi connectivity index (χ1n) is 20.1. The fourth-order valence-corrected chi connectivity index (χ4v) is 9.70. The highest BCUT2D eigenvalue weighted by atomic mass is 35.5. The number of nitro benzene ring substituents is 1. The Balaban J connectivity index is 1.03. The normalized spacial score (nSPS) is 14.0. The number of thioether (sulfide) groups is 1. The molecular formula is C45H49ClN8O4S2. The Morgan fingerprint density at radius 2 is 1.62 bits per heavy atom. The molecule has 6 aromatic rings. The van der Waals surface area contributed by atoms with Gasteiger partial charge in [-0.15, -0.1) is 11.8 Å². The van der Waals surface area contributed by atoms with Crippen molar-refractivity contribution in [1.82, 2.24) is 19.8 Å². The lowest BCUT2D eigenvalue weighted by atomic mass is 9.99. The van der Waals surface area contributed by atoms with Gasteiger partial charge >= 0.3 is 0 Å². The predicted molar refractivity (Wildman–Crippen MR) is 245 cm³/mol. The van der Waals surface area contributed by atoms with Crippen LogP contribution in [0.2, 0.25) is 5.02 Å². The zero-order chi connectivity index (χ0) is 42.1. The van der Waals surface area contributed by atoms with E-state index in [1.165, 1.54) is 29.6 Å². The van der Waals surface area contributed by atoms with Crippen LogP contribution in [-0.2, 0) is 16.6 Å². The van der Waals surface area contributed by atoms with Crippen LogP contribution in [0.5, 0.6) is 0 Å². The third-order valence-corrected chi connectivity index (χ3v) is 13.6. The van der Waals surface area contributed by atoms with E-state index >= 15 is 0 Å². The van der Waals surface area contributed by atoms with Gasteiger partial charge in [-0.2, -0.15) is 0 Å². The summed E-state index contributed by atoms with van der Waals surface area (Å²) in [5.74, 6) is 0.759. The number of sulfonamides is 1. The van der Waals surface area contributed by atoms with Crippen molar-refractivity contribution in [3.05, 3.63) is 142 Å². The Hall–Kier alpha value is -5.25. The molecule has 0 saturated carbocycles. The molecule has 0 radical (unpaired) electrons. The van der Waals surface area contributed by atoms with Crippen molar-refractivity contribution >= 4 is 67.2 Å². The number of aromatic nitrogens is 2. The van der Waals surface area contributed by atoms with E-state index in [0.29, 0.717) is 16.7 Å². The van der Waals surface area contributed by atoms with Gasteiger partial charge < -0.3 is 15.1 Å². The van der Waals surface area contributed by atoms with Gasteiger partial charge in [-0.25, -0.2) is 18.4 Å². The molecule has 1 aliphatic rings. The molecule has 2 N–H and O–H groups in total. The topological polar surface area (TPSA) is 137 Å². The molecule has 312 valence electrons. The van der Waals surface area contributed by atoms with Gasteiger partial charge in [0, 0.05) is 78.1 Å². The van der Waals surface area contributed by atoms with Crippen LogP contribution in [-0.4, -0.2) is 90.7 Å². The quantitative estimate of drug-likeness (QED) is 0.0486. The highest BCUT2D eigenvalue weighted by Crippen LogP contribution is 2.33. The molecule has 0 unspecified atom stereocenters. The second-order valence-corrected chi connectivity index (χ2v) is 17.9. The first kappa shape index (κ1) is 42.9. The molecule has 0 aliphatic carbocycles. The van der Waals surface area contributed by atoms with Gasteiger partial charge in [0.1, 0.15) is 12.0 Å². The van der Waals surface area contributed by atoms with Gasteiger partial charge in [0.2, 0.25) is 0 Å². The SMILES string of the molecule is CCN(CC)CC[C@H](CSc1ccccc1)Nc1ccc(S(=O)(=O)Nc2ncnc3cc(N4CCN(Cc5cc(Cl)ccc5-c5ccccc5)CC4)ccc23)cc1[N+](=O)[O-]. The standard InChI is InChI=1S/C45H49ClN8O4S2/c1-3-51(4-2)22-21-36(31-59-38-13-9-6-10-14-38)49-42-20-17-39(29-44(42)54(55)56)60(57,58)50-45-41-19-16-37(28-43(41)47-32-48-45)53-25-23-52(24-26-53)30-34-27-35(46)15-18-40(34)33-11-7-5-8-12-33/h5-20,27-29,32,36,49H,3-4,21-26,30-31H2,1-2H3,(H,47,48,50)/t36-/m1/s1. The number of nitrogens with one attached hydrogen (secondary N) is 2. The van der Waals surface area contributed by atoms with E-state index in [2.05, 4.69) is 72.8 Å². The molecule has 1 aliphatic heterocycles. The molecule has 5 aromatic carbocycles. The summed E-state index contributed by atoms with van der Waals surface area (Å²) in [6.45, 7) is 10.9. The van der Waals surface area contributed by atoms with Crippen molar-refractivity contribution in [3.63, 3.8) is 0 Å². The average molecular weight is 866 g/mol. The van der Waals surface area contributed by atoms with Gasteiger partial charge in [0.25, 0.3) is 15.7 Å². The van der Waals surface area contributed by atoms with E-state index in [1.54, 1.807) is 11.8 Å². The number of benzene rings is 5. The summed E-state index contributed by atoms with van der Waals surface area (Å²) in [7, 11) is -4.27. The fourth-order valence-electron chi connectivity index (χ4n) is 7.47. The zero-order valence-corrected chi connectivity index (χ0v) is 36.1. The second-order valence-electron chi connectivity index (χ2n) is 14.7. The summed E-state index contributed by atoms with van der Waals surface area (Å²) in [6, 6.07) is 36.0. The molecule has 0 amide bonds. The van der Waals surface area contributed by atoms with Crippen LogP contribution in [0.3, 0.4) is 0 Å². The molecule has 1 fully saturated rings. The number of piperazine rings is 1. The number of hydrogen-bond donors (Lipinski definition) is 2. The third-order valence-electron chi connectivity index (χ3n) is 10.9. The van der Waals surface area contributed by atoms with Crippen molar-refractivity contribution in [1.29, 1.82) is 0 Å². The summed E-state index contributed by atoms with van der Waals surface area (Å²) in [6.07, 6.45) is 2.07. The number of rotatable bonds is 18. The van der Waals surface area contributed by atoms with Crippen LogP contribution >= 0.6 is 23.4 Å². The maximum Gasteiger partial charge on any atom is 0.293 e. The minimum absolute atomic E-state index is 0.0892. The first-order chi connectivity index (χ1) is 29.1. The maximum absolute atomic E-state index is 13.8. The summed E-state index contributed by atoms with van der Waals surface area (Å²) in [5.41, 5.74) is 5.01. The Labute approximate surface area is 361 Å². The van der Waals surface area contributed by atoms with Crippen LogP contribution in [0.4, 0.5) is 22.9 Å². The Kier molecular flexibility index (Phi) is 14.2. The largest absolute Gasteiger partial charge is 0.376 e. The molecule has 0 spiro atoms. The van der Waals surface area contributed by atoms with Gasteiger partial charge in [0.05, 0.1) is 15.3 Å². The number of hydrogen-bond acceptors (Lipinski definition) is 11. The lowest BCUT2D eigenvalue weighted by Crippen LogP contribution is -2.46. The fraction of sp³-hybridized carbons (Fsp3) is 0.289. The van der Waals surface area contributed by atoms with Crippen LogP contribution in [0.1, 0.15) is 25.8 Å². The number of halogens is 1. The Morgan fingerprint density at radius 1 is 0.883 bits per heavy atom. The van der Waals surface area contributed by atoms with Gasteiger partial charge in [-0.1, -0.05) is 80.0 Å². The van der Waals surface area contributed by atoms with Crippen LogP contribution in [0.25, 0.3) is 22.0 Å². The predicted octanol–water partition coefficient (Wildman–Crippen LogP) is 9.29. The van der Waals surface area contributed by atoms with Crippen molar-refractivity contribution in [2.45, 2.75) is 42.6 Å². The summed E-state index contributed by atoms with van der Waals surface area (Å²) >= 11 is 8.10. The van der Waals surface area contributed by atoms with E-state index < -0.39 is 14.9 Å². The van der Waals surface area contributed by atoms with Crippen LogP contribution in [0.15, 0.2) is 131 Å². The highest BCUT2D eigenvalue weighted by molar-refractivity contribution is 7.99.